The highest BCUT2D eigenvalue weighted by molar-refractivity contribution is 9.10. The quantitative estimate of drug-likeness (QED) is 0.294. The smallest absolute Gasteiger partial charge is 0.295 e. The van der Waals surface area contributed by atoms with Gasteiger partial charge in [-0.25, -0.2) is 0 Å². The Hall–Kier alpha value is -2.64. The van der Waals surface area contributed by atoms with Crippen molar-refractivity contribution in [2.24, 2.45) is 0 Å². The van der Waals surface area contributed by atoms with Crippen molar-refractivity contribution in [1.82, 2.24) is 4.90 Å². The maximum atomic E-state index is 12.9. The maximum Gasteiger partial charge on any atom is 0.295 e. The van der Waals surface area contributed by atoms with Gasteiger partial charge in [-0.1, -0.05) is 28.1 Å². The number of halogens is 1. The Morgan fingerprint density at radius 2 is 1.72 bits per heavy atom. The van der Waals surface area contributed by atoms with Gasteiger partial charge in [-0.05, 0) is 48.4 Å². The molecule has 0 aromatic heterocycles. The van der Waals surface area contributed by atoms with E-state index >= 15 is 0 Å². The molecule has 1 unspecified atom stereocenters. The lowest BCUT2D eigenvalue weighted by atomic mass is 9.95. The number of aliphatic hydroxyl groups excluding tert-OH is 1. The minimum Gasteiger partial charge on any atom is -0.507 e. The molecule has 29 heavy (non-hydrogen) atoms. The van der Waals surface area contributed by atoms with E-state index in [0.717, 1.165) is 10.0 Å². The summed E-state index contributed by atoms with van der Waals surface area (Å²) in [6.45, 7) is 0.813. The topological polar surface area (TPSA) is 76.1 Å². The summed E-state index contributed by atoms with van der Waals surface area (Å²) in [5.74, 6) is -0.882. The third kappa shape index (κ3) is 4.36. The molecule has 0 bridgehead atoms. The number of likely N-dealkylation sites (tertiary alicyclic amines) is 1. The Morgan fingerprint density at radius 1 is 1.07 bits per heavy atom. The van der Waals surface area contributed by atoms with Crippen LogP contribution in [0.15, 0.2) is 58.6 Å². The Bertz CT molecular complexity index is 921. The summed E-state index contributed by atoms with van der Waals surface area (Å²) in [5, 5.41) is 11.0. The van der Waals surface area contributed by atoms with Crippen molar-refractivity contribution in [3.63, 3.8) is 0 Å². The third-order valence-corrected chi connectivity index (χ3v) is 5.37. The van der Waals surface area contributed by atoms with Crippen molar-refractivity contribution in [3.8, 4) is 5.75 Å². The van der Waals surface area contributed by atoms with Crippen molar-refractivity contribution in [2.45, 2.75) is 12.5 Å². The second-order valence-electron chi connectivity index (χ2n) is 6.62. The van der Waals surface area contributed by atoms with E-state index in [1.807, 2.05) is 24.3 Å². The molecule has 6 nitrogen and oxygen atoms in total. The monoisotopic (exact) mass is 459 g/mol. The number of ketones is 1. The average Bonchev–Trinajstić information content (AvgIpc) is 2.99. The van der Waals surface area contributed by atoms with E-state index in [-0.39, 0.29) is 11.3 Å². The lowest BCUT2D eigenvalue weighted by Crippen LogP contribution is -2.31. The number of nitrogens with zero attached hydrogens (tertiary/aromatic N) is 1. The Labute approximate surface area is 177 Å². The summed E-state index contributed by atoms with van der Waals surface area (Å²) in [6.07, 6.45) is 0.582. The minimum atomic E-state index is -0.691. The number of hydrogen-bond donors (Lipinski definition) is 1. The average molecular weight is 460 g/mol. The van der Waals surface area contributed by atoms with Gasteiger partial charge >= 0.3 is 0 Å². The van der Waals surface area contributed by atoms with Gasteiger partial charge in [0.1, 0.15) is 11.5 Å². The zero-order valence-corrected chi connectivity index (χ0v) is 17.8. The zero-order chi connectivity index (χ0) is 21.0. The molecule has 7 heteroatoms. The predicted octanol–water partition coefficient (Wildman–Crippen LogP) is 3.92. The molecule has 152 valence electrons. The summed E-state index contributed by atoms with van der Waals surface area (Å²) in [7, 11) is 3.14. The molecule has 0 radical (unpaired) electrons. The zero-order valence-electron chi connectivity index (χ0n) is 16.2. The van der Waals surface area contributed by atoms with E-state index in [1.165, 1.54) is 4.90 Å². The third-order valence-electron chi connectivity index (χ3n) is 4.84. The fourth-order valence-corrected chi connectivity index (χ4v) is 3.65. The molecule has 1 atom stereocenters. The van der Waals surface area contributed by atoms with Gasteiger partial charge in [0.2, 0.25) is 0 Å². The SMILES string of the molecule is COCCCN1C(=O)C(=O)C(=C(O)c2ccc(OC)cc2)C1c1ccc(Br)cc1. The second-order valence-corrected chi connectivity index (χ2v) is 7.53. The van der Waals surface area contributed by atoms with Crippen LogP contribution in [-0.2, 0) is 14.3 Å². The fraction of sp³-hybridized carbons (Fsp3) is 0.273. The van der Waals surface area contributed by atoms with Gasteiger partial charge in [0.05, 0.1) is 18.7 Å². The van der Waals surface area contributed by atoms with Gasteiger partial charge in [-0.15, -0.1) is 0 Å². The predicted molar refractivity (Wildman–Crippen MR) is 113 cm³/mol. The first-order valence-corrected chi connectivity index (χ1v) is 9.94. The van der Waals surface area contributed by atoms with Crippen molar-refractivity contribution < 1.29 is 24.2 Å². The van der Waals surface area contributed by atoms with Crippen LogP contribution in [-0.4, -0.2) is 49.1 Å². The molecule has 0 saturated carbocycles. The van der Waals surface area contributed by atoms with Gasteiger partial charge in [-0.2, -0.15) is 0 Å². The number of rotatable bonds is 7. The lowest BCUT2D eigenvalue weighted by Gasteiger charge is -2.25. The van der Waals surface area contributed by atoms with Crippen LogP contribution in [0.25, 0.3) is 5.76 Å². The summed E-state index contributed by atoms with van der Waals surface area (Å²) in [5.41, 5.74) is 1.28. The number of ether oxygens (including phenoxy) is 2. The van der Waals surface area contributed by atoms with Gasteiger partial charge < -0.3 is 19.5 Å². The molecule has 1 amide bonds. The first kappa shape index (κ1) is 21.1. The molecule has 2 aromatic rings. The van der Waals surface area contributed by atoms with Gasteiger partial charge in [0, 0.05) is 30.3 Å². The van der Waals surface area contributed by atoms with Crippen LogP contribution in [0, 0.1) is 0 Å². The number of Topliss-reactive ketones (excluding diaryl/α,β-unsaturated/α-hetero) is 1. The lowest BCUT2D eigenvalue weighted by molar-refractivity contribution is -0.140. The van der Waals surface area contributed by atoms with E-state index in [4.69, 9.17) is 9.47 Å². The molecular weight excluding hydrogens is 438 g/mol. The molecule has 1 aliphatic heterocycles. The highest BCUT2D eigenvalue weighted by atomic mass is 79.9. The highest BCUT2D eigenvalue weighted by Gasteiger charge is 2.45. The van der Waals surface area contributed by atoms with Crippen LogP contribution in [0.4, 0.5) is 0 Å². The minimum absolute atomic E-state index is 0.0832. The van der Waals surface area contributed by atoms with Crippen LogP contribution >= 0.6 is 15.9 Å². The highest BCUT2D eigenvalue weighted by Crippen LogP contribution is 2.39. The van der Waals surface area contributed by atoms with E-state index in [1.54, 1.807) is 38.5 Å². The van der Waals surface area contributed by atoms with Crippen molar-refractivity contribution in [2.75, 3.05) is 27.4 Å². The Kier molecular flexibility index (Phi) is 6.71. The van der Waals surface area contributed by atoms with Crippen molar-refractivity contribution >= 4 is 33.4 Å². The Morgan fingerprint density at radius 3 is 2.31 bits per heavy atom. The normalized spacial score (nSPS) is 18.3. The summed E-state index contributed by atoms with van der Waals surface area (Å²) in [4.78, 5) is 27.1. The van der Waals surface area contributed by atoms with Gasteiger partial charge in [-0.3, -0.25) is 9.59 Å². The number of aliphatic hydroxyl groups is 1. The van der Waals surface area contributed by atoms with E-state index in [9.17, 15) is 14.7 Å². The van der Waals surface area contributed by atoms with Crippen molar-refractivity contribution in [1.29, 1.82) is 0 Å². The second kappa shape index (κ2) is 9.24. The van der Waals surface area contributed by atoms with Gasteiger partial charge in [0.15, 0.2) is 0 Å². The molecule has 1 heterocycles. The number of benzene rings is 2. The van der Waals surface area contributed by atoms with Crippen LogP contribution < -0.4 is 4.74 Å². The molecule has 1 saturated heterocycles. The van der Waals surface area contributed by atoms with Crippen molar-refractivity contribution in [3.05, 3.63) is 69.7 Å². The fourth-order valence-electron chi connectivity index (χ4n) is 3.39. The summed E-state index contributed by atoms with van der Waals surface area (Å²) < 4.78 is 11.1. The summed E-state index contributed by atoms with van der Waals surface area (Å²) in [6, 6.07) is 13.4. The standard InChI is InChI=1S/C22H22BrNO5/c1-28-13-3-12-24-19(14-4-8-16(23)9-5-14)18(21(26)22(24)27)20(25)15-6-10-17(29-2)11-7-15/h4-11,19,25H,3,12-13H2,1-2H3. The first-order chi connectivity index (χ1) is 14.0. The van der Waals surface area contributed by atoms with Crippen LogP contribution in [0.3, 0.4) is 0 Å². The largest absolute Gasteiger partial charge is 0.507 e. The maximum absolute atomic E-state index is 12.9. The first-order valence-electron chi connectivity index (χ1n) is 9.15. The molecular formula is C22H22BrNO5. The van der Waals surface area contributed by atoms with Crippen LogP contribution in [0.5, 0.6) is 5.75 Å². The van der Waals surface area contributed by atoms with Crippen LogP contribution in [0.1, 0.15) is 23.6 Å². The molecule has 1 fully saturated rings. The van der Waals surface area contributed by atoms with E-state index in [0.29, 0.717) is 30.9 Å². The number of methoxy groups -OCH3 is 2. The Balaban J connectivity index is 2.09. The molecule has 0 spiro atoms. The molecule has 3 rings (SSSR count). The van der Waals surface area contributed by atoms with E-state index < -0.39 is 17.7 Å². The van der Waals surface area contributed by atoms with Crippen LogP contribution in [0.2, 0.25) is 0 Å². The van der Waals surface area contributed by atoms with E-state index in [2.05, 4.69) is 15.9 Å². The molecule has 2 aromatic carbocycles. The molecule has 1 aliphatic rings. The summed E-state index contributed by atoms with van der Waals surface area (Å²) >= 11 is 3.40. The number of amides is 1. The molecule has 0 aliphatic carbocycles. The number of carbonyl (C=O) groups excluding carboxylic acids is 2. The van der Waals surface area contributed by atoms with Gasteiger partial charge in [0.25, 0.3) is 11.7 Å². The molecule has 1 N–H and O–H groups in total. The number of hydrogen-bond acceptors (Lipinski definition) is 5. The number of carbonyl (C=O) groups is 2.